The highest BCUT2D eigenvalue weighted by Gasteiger charge is 2.15. The summed E-state index contributed by atoms with van der Waals surface area (Å²) in [5, 5.41) is 4.20. The van der Waals surface area contributed by atoms with Gasteiger partial charge in [0.1, 0.15) is 0 Å². The number of hydrogen-bond acceptors (Lipinski definition) is 2. The molecule has 76 valence electrons. The maximum Gasteiger partial charge on any atom is 0.270 e. The number of nitrogens with zero attached hydrogens (tertiary/aromatic N) is 2. The topological polar surface area (TPSA) is 34.9 Å². The molecule has 1 aliphatic rings. The molecule has 0 N–H and O–H groups in total. The molecule has 1 aliphatic carbocycles. The van der Waals surface area contributed by atoms with Gasteiger partial charge in [-0.2, -0.15) is 5.10 Å². The van der Waals surface area contributed by atoms with Gasteiger partial charge in [0.2, 0.25) is 0 Å². The minimum Gasteiger partial charge on any atom is -0.267 e. The van der Waals surface area contributed by atoms with Gasteiger partial charge in [-0.1, -0.05) is 0 Å². The second kappa shape index (κ2) is 3.56. The zero-order chi connectivity index (χ0) is 10.1. The monoisotopic (exact) mass is 192 g/mol. The van der Waals surface area contributed by atoms with E-state index in [1.165, 1.54) is 6.42 Å². The van der Waals surface area contributed by atoms with E-state index < -0.39 is 0 Å². The van der Waals surface area contributed by atoms with Crippen LogP contribution in [0.15, 0.2) is 11.0 Å². The molecule has 1 aromatic rings. The summed E-state index contributed by atoms with van der Waals surface area (Å²) in [6, 6.07) is 0.162. The predicted molar refractivity (Wildman–Crippen MR) is 55.5 cm³/mol. The molecule has 0 fully saturated rings. The van der Waals surface area contributed by atoms with Crippen molar-refractivity contribution in [3.05, 3.63) is 27.7 Å². The average Bonchev–Trinajstić information content (AvgIpc) is 2.18. The quantitative estimate of drug-likeness (QED) is 0.679. The van der Waals surface area contributed by atoms with Gasteiger partial charge in [-0.3, -0.25) is 4.79 Å². The molecule has 3 nitrogen and oxygen atoms in total. The van der Waals surface area contributed by atoms with Crippen molar-refractivity contribution in [2.75, 3.05) is 0 Å². The van der Waals surface area contributed by atoms with Crippen LogP contribution in [0.3, 0.4) is 0 Å². The molecule has 0 saturated heterocycles. The van der Waals surface area contributed by atoms with Crippen LogP contribution in [-0.2, 0) is 12.8 Å². The Morgan fingerprint density at radius 2 is 2.07 bits per heavy atom. The number of fused-ring (bicyclic) bond motifs is 1. The van der Waals surface area contributed by atoms with E-state index in [-0.39, 0.29) is 11.6 Å². The minimum absolute atomic E-state index is 0.122. The fourth-order valence-corrected chi connectivity index (χ4v) is 2.01. The molecule has 0 radical (unpaired) electrons. The van der Waals surface area contributed by atoms with Crippen molar-refractivity contribution < 1.29 is 0 Å². The summed E-state index contributed by atoms with van der Waals surface area (Å²) in [7, 11) is 0. The van der Waals surface area contributed by atoms with Gasteiger partial charge in [-0.05, 0) is 45.1 Å². The van der Waals surface area contributed by atoms with E-state index in [1.807, 2.05) is 20.0 Å². The first kappa shape index (κ1) is 9.44. The van der Waals surface area contributed by atoms with E-state index in [0.29, 0.717) is 0 Å². The molecule has 0 atom stereocenters. The molecule has 0 spiro atoms. The average molecular weight is 192 g/mol. The molecule has 0 amide bonds. The standard InChI is InChI=1S/C11H16N2O/c1-8(2)13-11(14)10-6-4-3-5-9(10)7-12-13/h7-8H,3-6H2,1-2H3. The fraction of sp³-hybridized carbons (Fsp3) is 0.636. The van der Waals surface area contributed by atoms with Crippen LogP contribution in [0.2, 0.25) is 0 Å². The molecular formula is C11H16N2O. The Balaban J connectivity index is 2.55. The van der Waals surface area contributed by atoms with Crippen LogP contribution in [-0.4, -0.2) is 9.78 Å². The van der Waals surface area contributed by atoms with E-state index >= 15 is 0 Å². The van der Waals surface area contributed by atoms with E-state index in [4.69, 9.17) is 0 Å². The van der Waals surface area contributed by atoms with Crippen LogP contribution in [0, 0.1) is 0 Å². The van der Waals surface area contributed by atoms with Gasteiger partial charge in [-0.25, -0.2) is 4.68 Å². The molecule has 1 aromatic heterocycles. The number of rotatable bonds is 1. The van der Waals surface area contributed by atoms with Gasteiger partial charge < -0.3 is 0 Å². The van der Waals surface area contributed by atoms with Gasteiger partial charge in [0.15, 0.2) is 0 Å². The van der Waals surface area contributed by atoms with Crippen molar-refractivity contribution in [3.8, 4) is 0 Å². The molecular weight excluding hydrogens is 176 g/mol. The molecule has 0 aromatic carbocycles. The normalized spacial score (nSPS) is 15.6. The molecule has 2 rings (SSSR count). The Morgan fingerprint density at radius 1 is 1.36 bits per heavy atom. The van der Waals surface area contributed by atoms with Gasteiger partial charge in [0.05, 0.1) is 12.2 Å². The maximum atomic E-state index is 12.0. The Labute approximate surface area is 83.8 Å². The van der Waals surface area contributed by atoms with Crippen molar-refractivity contribution >= 4 is 0 Å². The van der Waals surface area contributed by atoms with Crippen molar-refractivity contribution in [1.82, 2.24) is 9.78 Å². The lowest BCUT2D eigenvalue weighted by Crippen LogP contribution is -2.30. The summed E-state index contributed by atoms with van der Waals surface area (Å²) < 4.78 is 1.59. The molecule has 0 saturated carbocycles. The predicted octanol–water partition coefficient (Wildman–Crippen LogP) is 1.70. The third kappa shape index (κ3) is 1.47. The fourth-order valence-electron chi connectivity index (χ4n) is 2.01. The van der Waals surface area contributed by atoms with Gasteiger partial charge in [-0.15, -0.1) is 0 Å². The summed E-state index contributed by atoms with van der Waals surface area (Å²) in [6.45, 7) is 3.98. The first-order valence-corrected chi connectivity index (χ1v) is 5.29. The SMILES string of the molecule is CC(C)n1ncc2c(c1=O)CCCC2. The Hall–Kier alpha value is -1.12. The van der Waals surface area contributed by atoms with Crippen molar-refractivity contribution in [2.24, 2.45) is 0 Å². The zero-order valence-electron chi connectivity index (χ0n) is 8.79. The molecule has 14 heavy (non-hydrogen) atoms. The third-order valence-corrected chi connectivity index (χ3v) is 2.80. The van der Waals surface area contributed by atoms with E-state index in [1.54, 1.807) is 4.68 Å². The third-order valence-electron chi connectivity index (χ3n) is 2.80. The molecule has 1 heterocycles. The minimum atomic E-state index is 0.122. The molecule has 0 bridgehead atoms. The lowest BCUT2D eigenvalue weighted by Gasteiger charge is -2.17. The summed E-state index contributed by atoms with van der Waals surface area (Å²) in [5.41, 5.74) is 2.29. The molecule has 3 heteroatoms. The summed E-state index contributed by atoms with van der Waals surface area (Å²) >= 11 is 0. The van der Waals surface area contributed by atoms with Crippen molar-refractivity contribution in [1.29, 1.82) is 0 Å². The van der Waals surface area contributed by atoms with Gasteiger partial charge in [0, 0.05) is 5.56 Å². The van der Waals surface area contributed by atoms with Crippen LogP contribution in [0.5, 0.6) is 0 Å². The van der Waals surface area contributed by atoms with E-state index in [9.17, 15) is 4.79 Å². The van der Waals surface area contributed by atoms with Gasteiger partial charge >= 0.3 is 0 Å². The van der Waals surface area contributed by atoms with Crippen LogP contribution in [0.1, 0.15) is 43.9 Å². The first-order valence-electron chi connectivity index (χ1n) is 5.29. The second-order valence-corrected chi connectivity index (χ2v) is 4.20. The molecule has 0 aliphatic heterocycles. The molecule has 0 unspecified atom stereocenters. The maximum absolute atomic E-state index is 12.0. The highest BCUT2D eigenvalue weighted by Crippen LogP contribution is 2.17. The lowest BCUT2D eigenvalue weighted by molar-refractivity contribution is 0.488. The van der Waals surface area contributed by atoms with Crippen LogP contribution < -0.4 is 5.56 Å². The van der Waals surface area contributed by atoms with Gasteiger partial charge in [0.25, 0.3) is 5.56 Å². The van der Waals surface area contributed by atoms with Crippen molar-refractivity contribution in [2.45, 2.75) is 45.6 Å². The zero-order valence-corrected chi connectivity index (χ0v) is 8.79. The van der Waals surface area contributed by atoms with Crippen LogP contribution in [0.25, 0.3) is 0 Å². The summed E-state index contributed by atoms with van der Waals surface area (Å²) in [4.78, 5) is 12.0. The number of aryl methyl sites for hydroxylation is 1. The van der Waals surface area contributed by atoms with Crippen LogP contribution >= 0.6 is 0 Å². The van der Waals surface area contributed by atoms with Crippen molar-refractivity contribution in [3.63, 3.8) is 0 Å². The summed E-state index contributed by atoms with van der Waals surface area (Å²) in [5.74, 6) is 0. The summed E-state index contributed by atoms with van der Waals surface area (Å²) in [6.07, 6.45) is 6.17. The Kier molecular flexibility index (Phi) is 2.40. The lowest BCUT2D eigenvalue weighted by atomic mass is 9.94. The first-order chi connectivity index (χ1) is 6.70. The van der Waals surface area contributed by atoms with E-state index in [0.717, 1.165) is 30.4 Å². The number of aromatic nitrogens is 2. The van der Waals surface area contributed by atoms with E-state index in [2.05, 4.69) is 5.10 Å². The number of hydrogen-bond donors (Lipinski definition) is 0. The van der Waals surface area contributed by atoms with Crippen LogP contribution in [0.4, 0.5) is 0 Å². The smallest absolute Gasteiger partial charge is 0.267 e. The Bertz CT molecular complexity index is 393. The highest BCUT2D eigenvalue weighted by atomic mass is 16.1. The highest BCUT2D eigenvalue weighted by molar-refractivity contribution is 5.23. The largest absolute Gasteiger partial charge is 0.270 e. The Morgan fingerprint density at radius 3 is 2.79 bits per heavy atom. The second-order valence-electron chi connectivity index (χ2n) is 4.20.